The van der Waals surface area contributed by atoms with E-state index in [4.69, 9.17) is 33.7 Å². The maximum absolute atomic E-state index is 11.2. The topological polar surface area (TPSA) is 52.3 Å². The van der Waals surface area contributed by atoms with Gasteiger partial charge < -0.3 is 10.5 Å². The summed E-state index contributed by atoms with van der Waals surface area (Å²) in [5.41, 5.74) is 6.75. The molecule has 0 heterocycles. The van der Waals surface area contributed by atoms with Crippen LogP contribution in [0.4, 0.5) is 5.69 Å². The molecule has 0 fully saturated rings. The molecule has 0 aliphatic carbocycles. The minimum absolute atomic E-state index is 0.108. The number of carbonyl (C=O) groups is 1. The summed E-state index contributed by atoms with van der Waals surface area (Å²) >= 11 is 11.6. The smallest absolute Gasteiger partial charge is 0.310 e. The first-order chi connectivity index (χ1) is 7.04. The minimum Gasteiger partial charge on any atom is -0.466 e. The quantitative estimate of drug-likeness (QED) is 0.660. The Morgan fingerprint density at radius 3 is 2.60 bits per heavy atom. The zero-order valence-electron chi connectivity index (χ0n) is 8.22. The van der Waals surface area contributed by atoms with Crippen molar-refractivity contribution in [3.8, 4) is 0 Å². The van der Waals surface area contributed by atoms with Gasteiger partial charge in [-0.05, 0) is 24.6 Å². The molecule has 0 atom stereocenters. The lowest BCUT2D eigenvalue weighted by Gasteiger charge is -2.07. The lowest BCUT2D eigenvalue weighted by atomic mass is 10.1. The normalized spacial score (nSPS) is 10.1. The highest BCUT2D eigenvalue weighted by molar-refractivity contribution is 6.42. The molecule has 0 spiro atoms. The van der Waals surface area contributed by atoms with Crippen molar-refractivity contribution in [2.75, 3.05) is 12.3 Å². The van der Waals surface area contributed by atoms with Crippen LogP contribution < -0.4 is 5.73 Å². The van der Waals surface area contributed by atoms with E-state index in [-0.39, 0.29) is 12.4 Å². The molecule has 1 aromatic carbocycles. The number of rotatable bonds is 3. The molecule has 0 aliphatic heterocycles. The molecule has 0 aromatic heterocycles. The first kappa shape index (κ1) is 12.1. The molecule has 0 bridgehead atoms. The number of ether oxygens (including phenoxy) is 1. The number of carbonyl (C=O) groups excluding carboxylic acids is 1. The van der Waals surface area contributed by atoms with E-state index in [2.05, 4.69) is 0 Å². The third-order valence-corrected chi connectivity index (χ3v) is 2.54. The molecule has 0 saturated heterocycles. The van der Waals surface area contributed by atoms with E-state index in [1.807, 2.05) is 0 Å². The molecule has 0 saturated carbocycles. The molecule has 5 heteroatoms. The summed E-state index contributed by atoms with van der Waals surface area (Å²) in [5.74, 6) is -0.331. The number of anilines is 1. The van der Waals surface area contributed by atoms with Gasteiger partial charge in [-0.1, -0.05) is 23.2 Å². The van der Waals surface area contributed by atoms with Crippen LogP contribution in [0.5, 0.6) is 0 Å². The molecule has 3 nitrogen and oxygen atoms in total. The van der Waals surface area contributed by atoms with Crippen LogP contribution in [0.25, 0.3) is 0 Å². The summed E-state index contributed by atoms with van der Waals surface area (Å²) in [5, 5.41) is 0.756. The van der Waals surface area contributed by atoms with Gasteiger partial charge in [0.25, 0.3) is 0 Å². The van der Waals surface area contributed by atoms with Crippen LogP contribution in [-0.4, -0.2) is 12.6 Å². The molecule has 0 radical (unpaired) electrons. The first-order valence-corrected chi connectivity index (χ1v) is 5.19. The third kappa shape index (κ3) is 3.29. The van der Waals surface area contributed by atoms with Gasteiger partial charge in [-0.15, -0.1) is 0 Å². The van der Waals surface area contributed by atoms with E-state index in [9.17, 15) is 4.79 Å². The second kappa shape index (κ2) is 5.24. The summed E-state index contributed by atoms with van der Waals surface area (Å²) in [6, 6.07) is 3.11. The van der Waals surface area contributed by atoms with Crippen molar-refractivity contribution in [3.63, 3.8) is 0 Å². The summed E-state index contributed by atoms with van der Waals surface area (Å²) < 4.78 is 4.80. The Kier molecular flexibility index (Phi) is 4.24. The number of halogens is 2. The highest BCUT2D eigenvalue weighted by atomic mass is 35.5. The van der Waals surface area contributed by atoms with Crippen LogP contribution in [0.15, 0.2) is 12.1 Å². The van der Waals surface area contributed by atoms with Crippen molar-refractivity contribution in [2.45, 2.75) is 13.3 Å². The number of benzene rings is 1. The molecule has 2 N–H and O–H groups in total. The van der Waals surface area contributed by atoms with Crippen LogP contribution >= 0.6 is 23.2 Å². The van der Waals surface area contributed by atoms with Gasteiger partial charge in [0.2, 0.25) is 0 Å². The molecule has 82 valence electrons. The lowest BCUT2D eigenvalue weighted by molar-refractivity contribution is -0.142. The molecule has 15 heavy (non-hydrogen) atoms. The molecular formula is C10H11Cl2NO2. The summed E-state index contributed by atoms with van der Waals surface area (Å²) in [7, 11) is 0. The van der Waals surface area contributed by atoms with E-state index in [1.54, 1.807) is 13.0 Å². The maximum Gasteiger partial charge on any atom is 0.310 e. The molecule has 1 rings (SSSR count). The Morgan fingerprint density at radius 1 is 1.40 bits per heavy atom. The predicted molar refractivity (Wildman–Crippen MR) is 61.2 cm³/mol. The van der Waals surface area contributed by atoms with Crippen LogP contribution in [0.3, 0.4) is 0 Å². The molecular weight excluding hydrogens is 237 g/mol. The van der Waals surface area contributed by atoms with Crippen LogP contribution in [0.2, 0.25) is 10.0 Å². The number of hydrogen-bond acceptors (Lipinski definition) is 3. The summed E-state index contributed by atoms with van der Waals surface area (Å²) in [6.07, 6.45) is 0.108. The Morgan fingerprint density at radius 2 is 2.00 bits per heavy atom. The van der Waals surface area contributed by atoms with Gasteiger partial charge in [-0.2, -0.15) is 0 Å². The van der Waals surface area contributed by atoms with Crippen molar-refractivity contribution in [3.05, 3.63) is 27.7 Å². The number of nitrogens with two attached hydrogens (primary N) is 1. The van der Waals surface area contributed by atoms with E-state index in [0.717, 1.165) is 0 Å². The third-order valence-electron chi connectivity index (χ3n) is 1.82. The zero-order chi connectivity index (χ0) is 11.4. The fraction of sp³-hybridized carbons (Fsp3) is 0.300. The van der Waals surface area contributed by atoms with Gasteiger partial charge in [0, 0.05) is 5.69 Å². The van der Waals surface area contributed by atoms with Gasteiger partial charge in [0.1, 0.15) is 0 Å². The highest BCUT2D eigenvalue weighted by Gasteiger charge is 2.10. The maximum atomic E-state index is 11.2. The van der Waals surface area contributed by atoms with Crippen molar-refractivity contribution >= 4 is 34.9 Å². The number of hydrogen-bond donors (Lipinski definition) is 1. The molecule has 0 unspecified atom stereocenters. The second-order valence-corrected chi connectivity index (χ2v) is 3.76. The van der Waals surface area contributed by atoms with Gasteiger partial charge in [-0.3, -0.25) is 4.79 Å². The van der Waals surface area contributed by atoms with E-state index >= 15 is 0 Å². The van der Waals surface area contributed by atoms with Crippen molar-refractivity contribution < 1.29 is 9.53 Å². The van der Waals surface area contributed by atoms with E-state index < -0.39 is 0 Å². The van der Waals surface area contributed by atoms with Gasteiger partial charge in [-0.25, -0.2) is 0 Å². The average Bonchev–Trinajstić information content (AvgIpc) is 2.14. The Bertz CT molecular complexity index is 380. The van der Waals surface area contributed by atoms with Crippen LogP contribution in [-0.2, 0) is 16.0 Å². The fourth-order valence-electron chi connectivity index (χ4n) is 1.12. The van der Waals surface area contributed by atoms with Gasteiger partial charge in [0.05, 0.1) is 23.1 Å². The second-order valence-electron chi connectivity index (χ2n) is 2.95. The molecule has 0 amide bonds. The zero-order valence-corrected chi connectivity index (χ0v) is 9.73. The van der Waals surface area contributed by atoms with Gasteiger partial charge in [0.15, 0.2) is 0 Å². The monoisotopic (exact) mass is 247 g/mol. The highest BCUT2D eigenvalue weighted by Crippen LogP contribution is 2.27. The standard InChI is InChI=1S/C10H11Cl2NO2/c1-2-15-10(14)4-6-3-7(11)8(12)5-9(6)13/h3,5H,2,4,13H2,1H3. The summed E-state index contributed by atoms with van der Waals surface area (Å²) in [4.78, 5) is 11.2. The lowest BCUT2D eigenvalue weighted by Crippen LogP contribution is -2.09. The molecule has 1 aromatic rings. The van der Waals surface area contributed by atoms with Crippen LogP contribution in [0.1, 0.15) is 12.5 Å². The van der Waals surface area contributed by atoms with Crippen LogP contribution in [0, 0.1) is 0 Å². The number of esters is 1. The Hall–Kier alpha value is -0.930. The Labute approximate surface area is 98.1 Å². The largest absolute Gasteiger partial charge is 0.466 e. The Balaban J connectivity index is 2.86. The van der Waals surface area contributed by atoms with Crippen molar-refractivity contribution in [1.29, 1.82) is 0 Å². The average molecular weight is 248 g/mol. The van der Waals surface area contributed by atoms with Crippen molar-refractivity contribution in [1.82, 2.24) is 0 Å². The van der Waals surface area contributed by atoms with E-state index in [0.29, 0.717) is 27.9 Å². The van der Waals surface area contributed by atoms with Crippen molar-refractivity contribution in [2.24, 2.45) is 0 Å². The number of nitrogen functional groups attached to an aromatic ring is 1. The predicted octanol–water partition coefficient (Wildman–Crippen LogP) is 2.68. The SMILES string of the molecule is CCOC(=O)Cc1cc(Cl)c(Cl)cc1N. The van der Waals surface area contributed by atoms with Gasteiger partial charge >= 0.3 is 5.97 Å². The first-order valence-electron chi connectivity index (χ1n) is 4.43. The van der Waals surface area contributed by atoms with E-state index in [1.165, 1.54) is 6.07 Å². The molecule has 0 aliphatic rings. The summed E-state index contributed by atoms with van der Waals surface area (Å²) in [6.45, 7) is 2.09. The fourth-order valence-corrected chi connectivity index (χ4v) is 1.48. The minimum atomic E-state index is -0.331.